The normalized spacial score (nSPS) is 9.23. The van der Waals surface area contributed by atoms with Crippen LogP contribution in [-0.4, -0.2) is 41.6 Å². The number of rotatable bonds is 10. The summed E-state index contributed by atoms with van der Waals surface area (Å²) in [5, 5.41) is 15.1. The van der Waals surface area contributed by atoms with E-state index >= 15 is 0 Å². The Morgan fingerprint density at radius 1 is 0.771 bits per heavy atom. The van der Waals surface area contributed by atoms with Crippen LogP contribution >= 0.6 is 56.8 Å². The number of hydrogen-bond acceptors (Lipinski definition) is 5. The first-order valence-electron chi connectivity index (χ1n) is 11.0. The first-order chi connectivity index (χ1) is 16.6. The number of carbonyl (C=O) groups excluding carboxylic acids is 2. The smallest absolute Gasteiger partial charge is 0.305 e. The minimum Gasteiger partial charge on any atom is -0.481 e. The topological polar surface area (TPSA) is 101 Å². The fourth-order valence-corrected chi connectivity index (χ4v) is 3.33. The molecule has 9 heteroatoms. The van der Waals surface area contributed by atoms with Crippen molar-refractivity contribution in [1.29, 1.82) is 0 Å². The van der Waals surface area contributed by atoms with Crippen molar-refractivity contribution in [2.75, 3.05) is 14.2 Å². The van der Waals surface area contributed by atoms with Gasteiger partial charge in [0, 0.05) is 34.0 Å². The van der Waals surface area contributed by atoms with E-state index in [4.69, 9.17) is 10.2 Å². The number of halogens is 3. The lowest BCUT2D eigenvalue weighted by molar-refractivity contribution is -0.141. The number of methoxy groups -OCH3 is 1. The van der Waals surface area contributed by atoms with E-state index < -0.39 is 5.97 Å². The van der Waals surface area contributed by atoms with Crippen molar-refractivity contribution in [3.63, 3.8) is 0 Å². The highest BCUT2D eigenvalue weighted by Crippen LogP contribution is 2.11. The Bertz CT molecular complexity index is 823. The molecule has 2 rings (SSSR count). The fraction of sp³-hybridized carbons (Fsp3) is 0.423. The number of hydrogen-bond donors (Lipinski definition) is 2. The molecule has 0 fully saturated rings. The van der Waals surface area contributed by atoms with Crippen LogP contribution in [0.15, 0.2) is 48.5 Å². The van der Waals surface area contributed by atoms with Crippen molar-refractivity contribution in [3.8, 4) is 0 Å². The average molecular weight is 733 g/mol. The lowest BCUT2D eigenvalue weighted by Crippen LogP contribution is -1.99. The van der Waals surface area contributed by atoms with E-state index in [0.29, 0.717) is 6.42 Å². The summed E-state index contributed by atoms with van der Waals surface area (Å²) in [7, 11) is 2.43. The van der Waals surface area contributed by atoms with Gasteiger partial charge in [0.05, 0.1) is 7.11 Å². The van der Waals surface area contributed by atoms with Crippen LogP contribution in [0.3, 0.4) is 0 Å². The molecule has 2 N–H and O–H groups in total. The molecule has 6 nitrogen and oxygen atoms in total. The molecule has 0 unspecified atom stereocenters. The molecule has 0 radical (unpaired) electrons. The number of aliphatic hydroxyl groups is 1. The largest absolute Gasteiger partial charge is 0.481 e. The second-order valence-corrected chi connectivity index (χ2v) is 10.1. The monoisotopic (exact) mass is 732 g/mol. The molecule has 0 bridgehead atoms. The Morgan fingerprint density at radius 2 is 1.11 bits per heavy atom. The summed E-state index contributed by atoms with van der Waals surface area (Å²) in [4.78, 5) is 30.3. The summed E-state index contributed by atoms with van der Waals surface area (Å²) in [6.45, 7) is 1.29. The molecule has 0 aliphatic rings. The second kappa shape index (κ2) is 24.5. The van der Waals surface area contributed by atoms with Gasteiger partial charge in [0.1, 0.15) is 0 Å². The molecule has 0 amide bonds. The van der Waals surface area contributed by atoms with Crippen molar-refractivity contribution < 1.29 is 29.3 Å². The fourth-order valence-electron chi connectivity index (χ4n) is 2.61. The van der Waals surface area contributed by atoms with Gasteiger partial charge >= 0.3 is 11.9 Å². The summed E-state index contributed by atoms with van der Waals surface area (Å²) in [5.41, 5.74) is 2.62. The SMILES string of the molecule is CC(=O)Cl.CO.COC(=O)CCCCc1ccc(I)cc1.O=C(O)CCCCc1ccc(I)cc1. The maximum Gasteiger partial charge on any atom is 0.305 e. The van der Waals surface area contributed by atoms with E-state index in [1.54, 1.807) is 0 Å². The highest BCUT2D eigenvalue weighted by Gasteiger charge is 2.00. The number of aryl methyl sites for hydroxylation is 2. The van der Waals surface area contributed by atoms with Crippen molar-refractivity contribution in [1.82, 2.24) is 0 Å². The number of benzene rings is 2. The van der Waals surface area contributed by atoms with Crippen LogP contribution in [0.1, 0.15) is 56.6 Å². The number of carboxylic acids is 1. The molecule has 2 aromatic rings. The minimum atomic E-state index is -0.701. The Kier molecular flexibility index (Phi) is 25.1. The van der Waals surface area contributed by atoms with E-state index in [9.17, 15) is 14.4 Å². The first-order valence-corrected chi connectivity index (χ1v) is 13.6. The molecule has 0 aromatic heterocycles. The van der Waals surface area contributed by atoms with Crippen LogP contribution in [0, 0.1) is 7.14 Å². The van der Waals surface area contributed by atoms with Crippen LogP contribution in [0.4, 0.5) is 0 Å². The highest BCUT2D eigenvalue weighted by molar-refractivity contribution is 14.1. The van der Waals surface area contributed by atoms with Crippen LogP contribution < -0.4 is 0 Å². The number of aliphatic hydroxyl groups excluding tert-OH is 1. The van der Waals surface area contributed by atoms with Crippen LogP contribution in [0.25, 0.3) is 0 Å². The van der Waals surface area contributed by atoms with E-state index in [0.717, 1.165) is 45.6 Å². The van der Waals surface area contributed by atoms with Crippen LogP contribution in [0.5, 0.6) is 0 Å². The third kappa shape index (κ3) is 25.7. The standard InChI is InChI=1S/C12H15IO2.C11H13IO2.C2H3ClO.CH4O/c1-15-12(14)5-3-2-4-10-6-8-11(13)9-7-10;12-10-7-5-9(6-8-10)3-1-2-4-11(13)14;1-2(3)4;1-2/h6-9H,2-5H2,1H3;5-8H,1-4H2,(H,13,14);1H3;2H,1H3. The third-order valence-corrected chi connectivity index (χ3v) is 5.69. The second-order valence-electron chi connectivity index (χ2n) is 7.11. The van der Waals surface area contributed by atoms with Gasteiger partial charge < -0.3 is 14.9 Å². The van der Waals surface area contributed by atoms with Gasteiger partial charge in [-0.3, -0.25) is 14.4 Å². The van der Waals surface area contributed by atoms with E-state index in [-0.39, 0.29) is 17.6 Å². The van der Waals surface area contributed by atoms with Gasteiger partial charge in [-0.25, -0.2) is 0 Å². The molecule has 0 saturated carbocycles. The third-order valence-electron chi connectivity index (χ3n) is 4.26. The molecule has 196 valence electrons. The molecule has 0 heterocycles. The highest BCUT2D eigenvalue weighted by atomic mass is 127. The summed E-state index contributed by atoms with van der Waals surface area (Å²) in [6, 6.07) is 16.8. The number of ether oxygens (including phenoxy) is 1. The Labute approximate surface area is 241 Å². The average Bonchev–Trinajstić information content (AvgIpc) is 2.83. The molecule has 0 atom stereocenters. The van der Waals surface area contributed by atoms with Crippen molar-refractivity contribution in [3.05, 3.63) is 66.8 Å². The predicted molar refractivity (Wildman–Crippen MR) is 158 cm³/mol. The van der Waals surface area contributed by atoms with Gasteiger partial charge in [0.15, 0.2) is 0 Å². The molecule has 0 aliphatic heterocycles. The lowest BCUT2D eigenvalue weighted by Gasteiger charge is -2.01. The van der Waals surface area contributed by atoms with Gasteiger partial charge in [-0.15, -0.1) is 0 Å². The summed E-state index contributed by atoms with van der Waals surface area (Å²) >= 11 is 9.20. The molecule has 2 aromatic carbocycles. The first kappa shape index (κ1) is 35.9. The van der Waals surface area contributed by atoms with E-state index in [2.05, 4.69) is 110 Å². The Balaban J connectivity index is 0. The van der Waals surface area contributed by atoms with Gasteiger partial charge in [-0.05, 0) is 131 Å². The van der Waals surface area contributed by atoms with Crippen molar-refractivity contribution >= 4 is 74.0 Å². The zero-order chi connectivity index (χ0) is 27.1. The summed E-state index contributed by atoms with van der Waals surface area (Å²) < 4.78 is 7.07. The maximum absolute atomic E-state index is 10.8. The van der Waals surface area contributed by atoms with E-state index in [1.165, 1.54) is 32.3 Å². The van der Waals surface area contributed by atoms with Gasteiger partial charge in [0.25, 0.3) is 0 Å². The molecule has 0 saturated heterocycles. The van der Waals surface area contributed by atoms with Crippen molar-refractivity contribution in [2.24, 2.45) is 0 Å². The van der Waals surface area contributed by atoms with Gasteiger partial charge in [0.2, 0.25) is 5.24 Å². The maximum atomic E-state index is 10.8. The summed E-state index contributed by atoms with van der Waals surface area (Å²) in [6.07, 6.45) is 6.48. The Hall–Kier alpha value is -1.24. The van der Waals surface area contributed by atoms with Gasteiger partial charge in [-0.2, -0.15) is 0 Å². The van der Waals surface area contributed by atoms with Crippen molar-refractivity contribution in [2.45, 2.75) is 58.3 Å². The molecular formula is C26H35ClI2O6. The van der Waals surface area contributed by atoms with E-state index in [1.807, 2.05) is 0 Å². The number of esters is 1. The minimum absolute atomic E-state index is 0.113. The number of carbonyl (C=O) groups is 3. The zero-order valence-corrected chi connectivity index (χ0v) is 25.5. The zero-order valence-electron chi connectivity index (χ0n) is 20.4. The predicted octanol–water partition coefficient (Wildman–Crippen LogP) is 6.65. The summed E-state index contributed by atoms with van der Waals surface area (Å²) in [5.74, 6) is -0.815. The lowest BCUT2D eigenvalue weighted by atomic mass is 10.1. The van der Waals surface area contributed by atoms with Crippen LogP contribution in [-0.2, 0) is 32.0 Å². The molecular weight excluding hydrogens is 698 g/mol. The molecule has 0 aliphatic carbocycles. The molecule has 35 heavy (non-hydrogen) atoms. The number of unbranched alkanes of at least 4 members (excludes halogenated alkanes) is 2. The van der Waals surface area contributed by atoms with Crippen LogP contribution in [0.2, 0.25) is 0 Å². The quantitative estimate of drug-likeness (QED) is 0.123. The molecule has 0 spiro atoms. The number of carboxylic acid groups (broad SMARTS) is 1. The van der Waals surface area contributed by atoms with Gasteiger partial charge in [-0.1, -0.05) is 24.3 Å². The Morgan fingerprint density at radius 3 is 1.43 bits per heavy atom. The number of aliphatic carboxylic acids is 1.